The highest BCUT2D eigenvalue weighted by Gasteiger charge is 2.45. The van der Waals surface area contributed by atoms with Gasteiger partial charge in [-0.15, -0.1) is 0 Å². The van der Waals surface area contributed by atoms with E-state index in [1.54, 1.807) is 11.2 Å². The fourth-order valence-corrected chi connectivity index (χ4v) is 3.97. The number of carbonyl (C=O) groups excluding carboxylic acids is 1. The number of ether oxygens (including phenoxy) is 2. The minimum atomic E-state index is -0.564. The summed E-state index contributed by atoms with van der Waals surface area (Å²) < 4.78 is 11.8. The van der Waals surface area contributed by atoms with E-state index in [2.05, 4.69) is 27.0 Å². The van der Waals surface area contributed by atoms with Crippen LogP contribution in [0.5, 0.6) is 0 Å². The molecular weight excluding hydrogens is 368 g/mol. The largest absolute Gasteiger partial charge is 0.444 e. The van der Waals surface area contributed by atoms with Crippen LogP contribution in [-0.4, -0.2) is 46.3 Å². The molecule has 1 fully saturated rings. The second-order valence-corrected chi connectivity index (χ2v) is 8.67. The van der Waals surface area contributed by atoms with Gasteiger partial charge in [0.15, 0.2) is 6.23 Å². The van der Waals surface area contributed by atoms with E-state index in [-0.39, 0.29) is 12.1 Å². The standard InChI is InChI=1S/C22H28N4O3/c1-22(2,3)29-21(27)26-16-10-11-17-18(20(26)28-13-16)19(24-14-23-17)25(4)12-15-8-6-5-7-9-15/h5-9,14,16,20H,10-13H2,1-4H3/t16-,20?/m0/s1. The Morgan fingerprint density at radius 3 is 2.76 bits per heavy atom. The van der Waals surface area contributed by atoms with Gasteiger partial charge >= 0.3 is 6.09 Å². The fourth-order valence-electron chi connectivity index (χ4n) is 3.97. The number of hydrogen-bond acceptors (Lipinski definition) is 6. The SMILES string of the molecule is CN(Cc1ccccc1)c1ncnc2c1C1OC[C@H](CC2)N1C(=O)OC(C)(C)C. The highest BCUT2D eigenvalue weighted by Crippen LogP contribution is 2.41. The molecule has 1 aromatic carbocycles. The third-order valence-corrected chi connectivity index (χ3v) is 5.23. The molecule has 154 valence electrons. The van der Waals surface area contributed by atoms with Crippen LogP contribution in [0.4, 0.5) is 10.6 Å². The van der Waals surface area contributed by atoms with Crippen LogP contribution in [0.2, 0.25) is 0 Å². The Kier molecular flexibility index (Phi) is 5.17. The Bertz CT molecular complexity index is 881. The predicted molar refractivity (Wildman–Crippen MR) is 109 cm³/mol. The number of aromatic nitrogens is 2. The molecule has 1 saturated heterocycles. The van der Waals surface area contributed by atoms with Crippen LogP contribution in [0.25, 0.3) is 0 Å². The molecule has 7 nitrogen and oxygen atoms in total. The monoisotopic (exact) mass is 396 g/mol. The topological polar surface area (TPSA) is 67.8 Å². The summed E-state index contributed by atoms with van der Waals surface area (Å²) in [5, 5.41) is 0. The summed E-state index contributed by atoms with van der Waals surface area (Å²) in [6, 6.07) is 10.2. The molecule has 4 rings (SSSR count). The minimum absolute atomic E-state index is 0.0173. The number of fused-ring (bicyclic) bond motifs is 4. The highest BCUT2D eigenvalue weighted by molar-refractivity contribution is 5.70. The van der Waals surface area contributed by atoms with Gasteiger partial charge < -0.3 is 14.4 Å². The molecule has 0 saturated carbocycles. The van der Waals surface area contributed by atoms with E-state index in [9.17, 15) is 4.79 Å². The quantitative estimate of drug-likeness (QED) is 0.788. The lowest BCUT2D eigenvalue weighted by Gasteiger charge is -2.31. The zero-order valence-electron chi connectivity index (χ0n) is 17.5. The number of aryl methyl sites for hydroxylation is 1. The van der Waals surface area contributed by atoms with Crippen molar-refractivity contribution in [1.29, 1.82) is 0 Å². The lowest BCUT2D eigenvalue weighted by atomic mass is 10.1. The summed E-state index contributed by atoms with van der Waals surface area (Å²) in [6.45, 7) is 6.83. The molecular formula is C22H28N4O3. The number of anilines is 1. The predicted octanol–water partition coefficient (Wildman–Crippen LogP) is 3.69. The lowest BCUT2D eigenvalue weighted by molar-refractivity contribution is -0.0133. The van der Waals surface area contributed by atoms with Crippen molar-refractivity contribution in [3.63, 3.8) is 0 Å². The van der Waals surface area contributed by atoms with Crippen molar-refractivity contribution in [2.45, 2.75) is 58.0 Å². The van der Waals surface area contributed by atoms with Crippen molar-refractivity contribution in [3.8, 4) is 0 Å². The zero-order valence-corrected chi connectivity index (χ0v) is 17.5. The van der Waals surface area contributed by atoms with Gasteiger partial charge in [-0.3, -0.25) is 4.90 Å². The summed E-state index contributed by atoms with van der Waals surface area (Å²) in [4.78, 5) is 25.9. The number of amides is 1. The van der Waals surface area contributed by atoms with Gasteiger partial charge in [-0.2, -0.15) is 0 Å². The van der Waals surface area contributed by atoms with E-state index in [1.807, 2.05) is 46.0 Å². The van der Waals surface area contributed by atoms with Crippen LogP contribution >= 0.6 is 0 Å². The molecule has 2 aliphatic heterocycles. The summed E-state index contributed by atoms with van der Waals surface area (Å²) in [5.41, 5.74) is 2.43. The maximum atomic E-state index is 13.0. The average molecular weight is 396 g/mol. The first-order chi connectivity index (χ1) is 13.8. The Balaban J connectivity index is 1.68. The van der Waals surface area contributed by atoms with Crippen LogP contribution in [0.1, 0.15) is 50.2 Å². The molecule has 3 heterocycles. The van der Waals surface area contributed by atoms with Gasteiger partial charge in [-0.25, -0.2) is 14.8 Å². The van der Waals surface area contributed by atoms with Gasteiger partial charge in [-0.1, -0.05) is 30.3 Å². The van der Waals surface area contributed by atoms with E-state index in [1.165, 1.54) is 5.56 Å². The van der Waals surface area contributed by atoms with E-state index < -0.39 is 11.8 Å². The van der Waals surface area contributed by atoms with Gasteiger partial charge in [0.2, 0.25) is 0 Å². The van der Waals surface area contributed by atoms with E-state index in [4.69, 9.17) is 9.47 Å². The van der Waals surface area contributed by atoms with Crippen molar-refractivity contribution in [2.75, 3.05) is 18.6 Å². The molecule has 0 N–H and O–H groups in total. The lowest BCUT2D eigenvalue weighted by Crippen LogP contribution is -2.41. The van der Waals surface area contributed by atoms with Crippen LogP contribution in [0.3, 0.4) is 0 Å². The Morgan fingerprint density at radius 1 is 1.28 bits per heavy atom. The van der Waals surface area contributed by atoms with E-state index in [0.29, 0.717) is 13.2 Å². The number of rotatable bonds is 3. The summed E-state index contributed by atoms with van der Waals surface area (Å²) in [6.07, 6.45) is 2.31. The number of nitrogens with zero attached hydrogens (tertiary/aromatic N) is 4. The molecule has 1 amide bonds. The molecule has 0 spiro atoms. The smallest absolute Gasteiger partial charge is 0.412 e. The van der Waals surface area contributed by atoms with E-state index >= 15 is 0 Å². The highest BCUT2D eigenvalue weighted by atomic mass is 16.6. The van der Waals surface area contributed by atoms with Crippen molar-refractivity contribution in [3.05, 3.63) is 53.5 Å². The van der Waals surface area contributed by atoms with Gasteiger partial charge in [0.25, 0.3) is 0 Å². The number of hydrogen-bond donors (Lipinski definition) is 0. The van der Waals surface area contributed by atoms with Crippen molar-refractivity contribution >= 4 is 11.9 Å². The van der Waals surface area contributed by atoms with Crippen molar-refractivity contribution in [1.82, 2.24) is 14.9 Å². The van der Waals surface area contributed by atoms with Gasteiger partial charge in [0.05, 0.1) is 23.9 Å². The van der Waals surface area contributed by atoms with Crippen LogP contribution in [0.15, 0.2) is 36.7 Å². The van der Waals surface area contributed by atoms with E-state index in [0.717, 1.165) is 29.9 Å². The molecule has 29 heavy (non-hydrogen) atoms. The summed E-state index contributed by atoms with van der Waals surface area (Å²) in [7, 11) is 2.00. The van der Waals surface area contributed by atoms with Gasteiger partial charge in [0.1, 0.15) is 17.7 Å². The first-order valence-corrected chi connectivity index (χ1v) is 10.1. The summed E-state index contributed by atoms with van der Waals surface area (Å²) >= 11 is 0. The number of benzene rings is 1. The first kappa shape index (κ1) is 19.6. The Hall–Kier alpha value is -2.67. The van der Waals surface area contributed by atoms with Gasteiger partial charge in [0, 0.05) is 13.6 Å². The summed E-state index contributed by atoms with van der Waals surface area (Å²) in [5.74, 6) is 0.792. The maximum absolute atomic E-state index is 13.0. The second-order valence-electron chi connectivity index (χ2n) is 8.67. The zero-order chi connectivity index (χ0) is 20.6. The average Bonchev–Trinajstić information content (AvgIpc) is 3.00. The second kappa shape index (κ2) is 7.63. The minimum Gasteiger partial charge on any atom is -0.444 e. The van der Waals surface area contributed by atoms with Crippen LogP contribution in [-0.2, 0) is 22.4 Å². The fraction of sp³-hybridized carbons (Fsp3) is 0.500. The molecule has 2 atom stereocenters. The molecule has 1 aromatic heterocycles. The normalized spacial score (nSPS) is 20.8. The first-order valence-electron chi connectivity index (χ1n) is 10.1. The maximum Gasteiger partial charge on any atom is 0.412 e. The van der Waals surface area contributed by atoms with Crippen LogP contribution in [0, 0.1) is 0 Å². The van der Waals surface area contributed by atoms with Crippen molar-refractivity contribution in [2.24, 2.45) is 0 Å². The van der Waals surface area contributed by atoms with Crippen LogP contribution < -0.4 is 4.90 Å². The molecule has 2 aromatic rings. The third kappa shape index (κ3) is 4.05. The Morgan fingerprint density at radius 2 is 2.03 bits per heavy atom. The molecule has 2 bridgehead atoms. The molecule has 0 aliphatic carbocycles. The number of carbonyl (C=O) groups is 1. The molecule has 1 unspecified atom stereocenters. The molecule has 7 heteroatoms. The molecule has 2 aliphatic rings. The Labute approximate surface area is 171 Å². The molecule has 0 radical (unpaired) electrons. The van der Waals surface area contributed by atoms with Crippen molar-refractivity contribution < 1.29 is 14.3 Å². The third-order valence-electron chi connectivity index (χ3n) is 5.23. The van der Waals surface area contributed by atoms with Gasteiger partial charge in [-0.05, 0) is 39.2 Å².